The molecule has 2 aromatic rings. The lowest BCUT2D eigenvalue weighted by Gasteiger charge is -2.18. The molecule has 1 unspecified atom stereocenters. The van der Waals surface area contributed by atoms with E-state index in [2.05, 4.69) is 0 Å². The van der Waals surface area contributed by atoms with Crippen molar-refractivity contribution in [3.05, 3.63) is 65.2 Å². The van der Waals surface area contributed by atoms with E-state index < -0.39 is 11.7 Å². The van der Waals surface area contributed by atoms with Crippen LogP contribution in [0.3, 0.4) is 0 Å². The fourth-order valence-electron chi connectivity index (χ4n) is 2.22. The van der Waals surface area contributed by atoms with E-state index >= 15 is 0 Å². The van der Waals surface area contributed by atoms with E-state index in [1.54, 1.807) is 0 Å². The molecule has 0 fully saturated rings. The van der Waals surface area contributed by atoms with Crippen LogP contribution in [0.25, 0.3) is 0 Å². The number of benzene rings is 2. The Morgan fingerprint density at radius 2 is 1.68 bits per heavy atom. The summed E-state index contributed by atoms with van der Waals surface area (Å²) in [6.45, 7) is 2.05. The minimum Gasteiger partial charge on any atom is -0.493 e. The van der Waals surface area contributed by atoms with Crippen LogP contribution in [0.4, 0.5) is 13.2 Å². The predicted octanol–water partition coefficient (Wildman–Crippen LogP) is 4.17. The second-order valence-corrected chi connectivity index (χ2v) is 5.07. The lowest BCUT2D eigenvalue weighted by molar-refractivity contribution is -0.137. The smallest absolute Gasteiger partial charge is 0.416 e. The summed E-state index contributed by atoms with van der Waals surface area (Å²) in [6, 6.07) is 12.2. The van der Waals surface area contributed by atoms with Crippen molar-refractivity contribution in [1.29, 1.82) is 0 Å². The molecule has 0 aliphatic carbocycles. The first kappa shape index (κ1) is 16.4. The quantitative estimate of drug-likeness (QED) is 0.898. The third-order valence-corrected chi connectivity index (χ3v) is 3.48. The van der Waals surface area contributed by atoms with Crippen LogP contribution >= 0.6 is 0 Å². The molecule has 2 aromatic carbocycles. The molecule has 0 radical (unpaired) electrons. The first-order valence-electron chi connectivity index (χ1n) is 6.88. The zero-order valence-corrected chi connectivity index (χ0v) is 12.1. The molecule has 1 N–H and O–H groups in total. The van der Waals surface area contributed by atoms with E-state index in [1.807, 2.05) is 31.2 Å². The fraction of sp³-hybridized carbons (Fsp3) is 0.294. The monoisotopic (exact) mass is 310 g/mol. The lowest BCUT2D eigenvalue weighted by Crippen LogP contribution is -2.15. The maximum absolute atomic E-state index is 12.5. The predicted molar refractivity (Wildman–Crippen MR) is 77.9 cm³/mol. The van der Waals surface area contributed by atoms with Gasteiger partial charge in [0.15, 0.2) is 0 Å². The van der Waals surface area contributed by atoms with Crippen LogP contribution < -0.4 is 4.74 Å². The van der Waals surface area contributed by atoms with Gasteiger partial charge in [-0.2, -0.15) is 13.2 Å². The molecule has 2 rings (SSSR count). The Morgan fingerprint density at radius 3 is 2.23 bits per heavy atom. The van der Waals surface area contributed by atoms with Gasteiger partial charge in [0.05, 0.1) is 18.8 Å². The van der Waals surface area contributed by atoms with Crippen LogP contribution in [0, 0.1) is 6.92 Å². The van der Waals surface area contributed by atoms with Gasteiger partial charge in [0.25, 0.3) is 0 Å². The van der Waals surface area contributed by atoms with Gasteiger partial charge in [-0.25, -0.2) is 0 Å². The minimum absolute atomic E-state index is 0.0918. The summed E-state index contributed by atoms with van der Waals surface area (Å²) in [5.41, 5.74) is 1.30. The number of aryl methyl sites for hydroxylation is 1. The molecule has 0 aliphatic rings. The molecular formula is C17H17F3O2. The second-order valence-electron chi connectivity index (χ2n) is 5.07. The van der Waals surface area contributed by atoms with Crippen molar-refractivity contribution in [2.75, 3.05) is 13.2 Å². The van der Waals surface area contributed by atoms with Gasteiger partial charge in [0.2, 0.25) is 0 Å². The molecule has 0 aliphatic heterocycles. The summed E-state index contributed by atoms with van der Waals surface area (Å²) < 4.78 is 42.9. The molecule has 0 bridgehead atoms. The minimum atomic E-state index is -4.35. The molecule has 2 nitrogen and oxygen atoms in total. The molecule has 0 heterocycles. The standard InChI is InChI=1S/C17H17F3O2/c1-12-4-2-3-5-16(12)13(10-21)11-22-15-8-6-14(7-9-15)17(18,19)20/h2-9,13,21H,10-11H2,1H3. The Morgan fingerprint density at radius 1 is 1.05 bits per heavy atom. The maximum atomic E-state index is 12.5. The van der Waals surface area contributed by atoms with E-state index in [1.165, 1.54) is 12.1 Å². The van der Waals surface area contributed by atoms with Crippen LogP contribution in [0.1, 0.15) is 22.6 Å². The largest absolute Gasteiger partial charge is 0.493 e. The summed E-state index contributed by atoms with van der Waals surface area (Å²) in [5.74, 6) is 0.128. The van der Waals surface area contributed by atoms with E-state index in [-0.39, 0.29) is 19.1 Å². The summed E-state index contributed by atoms with van der Waals surface area (Å²) in [4.78, 5) is 0. The number of aliphatic hydroxyl groups is 1. The van der Waals surface area contributed by atoms with Crippen molar-refractivity contribution >= 4 is 0 Å². The van der Waals surface area contributed by atoms with Crippen LogP contribution in [-0.2, 0) is 6.18 Å². The third-order valence-electron chi connectivity index (χ3n) is 3.48. The third kappa shape index (κ3) is 4.01. The molecule has 0 saturated carbocycles. The number of aliphatic hydroxyl groups excluding tert-OH is 1. The van der Waals surface area contributed by atoms with Gasteiger partial charge in [-0.15, -0.1) is 0 Å². The Hall–Kier alpha value is -2.01. The Kier molecular flexibility index (Phi) is 5.08. The Labute approximate surface area is 127 Å². The average Bonchev–Trinajstić information content (AvgIpc) is 2.49. The van der Waals surface area contributed by atoms with E-state index in [4.69, 9.17) is 4.74 Å². The number of alkyl halides is 3. The molecule has 22 heavy (non-hydrogen) atoms. The van der Waals surface area contributed by atoms with Crippen molar-refractivity contribution in [2.45, 2.75) is 19.0 Å². The number of rotatable bonds is 5. The zero-order valence-electron chi connectivity index (χ0n) is 12.1. The molecule has 118 valence electrons. The van der Waals surface area contributed by atoms with E-state index in [0.29, 0.717) is 5.75 Å². The zero-order chi connectivity index (χ0) is 16.2. The van der Waals surface area contributed by atoms with Crippen molar-refractivity contribution in [3.8, 4) is 5.75 Å². The molecule has 0 amide bonds. The highest BCUT2D eigenvalue weighted by atomic mass is 19.4. The Bertz CT molecular complexity index is 606. The number of ether oxygens (including phenoxy) is 1. The van der Waals surface area contributed by atoms with Gasteiger partial charge in [0, 0.05) is 5.92 Å². The second kappa shape index (κ2) is 6.83. The first-order chi connectivity index (χ1) is 10.4. The maximum Gasteiger partial charge on any atom is 0.416 e. The highest BCUT2D eigenvalue weighted by Gasteiger charge is 2.30. The summed E-state index contributed by atoms with van der Waals surface area (Å²) >= 11 is 0. The summed E-state index contributed by atoms with van der Waals surface area (Å²) in [7, 11) is 0. The molecule has 0 spiro atoms. The molecule has 1 atom stereocenters. The van der Waals surface area contributed by atoms with Crippen molar-refractivity contribution < 1.29 is 23.0 Å². The highest BCUT2D eigenvalue weighted by Crippen LogP contribution is 2.30. The van der Waals surface area contributed by atoms with Gasteiger partial charge in [0.1, 0.15) is 5.75 Å². The topological polar surface area (TPSA) is 29.5 Å². The van der Waals surface area contributed by atoms with E-state index in [9.17, 15) is 18.3 Å². The normalized spacial score (nSPS) is 13.0. The number of hydrogen-bond acceptors (Lipinski definition) is 2. The van der Waals surface area contributed by atoms with E-state index in [0.717, 1.165) is 23.3 Å². The van der Waals surface area contributed by atoms with Gasteiger partial charge in [-0.1, -0.05) is 24.3 Å². The van der Waals surface area contributed by atoms with Crippen LogP contribution in [-0.4, -0.2) is 18.3 Å². The van der Waals surface area contributed by atoms with Gasteiger partial charge < -0.3 is 9.84 Å². The van der Waals surface area contributed by atoms with Crippen LogP contribution in [0.15, 0.2) is 48.5 Å². The average molecular weight is 310 g/mol. The number of hydrogen-bond donors (Lipinski definition) is 1. The van der Waals surface area contributed by atoms with Crippen LogP contribution in [0.2, 0.25) is 0 Å². The lowest BCUT2D eigenvalue weighted by atomic mass is 9.96. The van der Waals surface area contributed by atoms with Crippen molar-refractivity contribution in [2.24, 2.45) is 0 Å². The molecule has 0 aromatic heterocycles. The van der Waals surface area contributed by atoms with Gasteiger partial charge in [-0.3, -0.25) is 0 Å². The fourth-order valence-corrected chi connectivity index (χ4v) is 2.22. The van der Waals surface area contributed by atoms with Crippen LogP contribution in [0.5, 0.6) is 5.75 Å². The summed E-state index contributed by atoms with van der Waals surface area (Å²) in [6.07, 6.45) is -4.35. The molecule has 5 heteroatoms. The Balaban J connectivity index is 2.04. The first-order valence-corrected chi connectivity index (χ1v) is 6.88. The van der Waals surface area contributed by atoms with Gasteiger partial charge >= 0.3 is 6.18 Å². The molecule has 0 saturated heterocycles. The van der Waals surface area contributed by atoms with Crippen molar-refractivity contribution in [3.63, 3.8) is 0 Å². The SMILES string of the molecule is Cc1ccccc1C(CO)COc1ccc(C(F)(F)F)cc1. The summed E-state index contributed by atoms with van der Waals surface area (Å²) in [5, 5.41) is 9.50. The van der Waals surface area contributed by atoms with Crippen molar-refractivity contribution in [1.82, 2.24) is 0 Å². The number of halogens is 3. The van der Waals surface area contributed by atoms with Gasteiger partial charge in [-0.05, 0) is 42.3 Å². The molecular weight excluding hydrogens is 293 g/mol. The highest BCUT2D eigenvalue weighted by molar-refractivity contribution is 5.31.